The lowest BCUT2D eigenvalue weighted by atomic mass is 10.1. The normalized spacial score (nSPS) is 10.4. The van der Waals surface area contributed by atoms with Crippen molar-refractivity contribution in [1.29, 1.82) is 0 Å². The number of rotatable bonds is 7. The predicted molar refractivity (Wildman–Crippen MR) is 68.0 cm³/mol. The zero-order valence-electron chi connectivity index (χ0n) is 10.3. The molecule has 0 saturated carbocycles. The van der Waals surface area contributed by atoms with Crippen LogP contribution in [-0.2, 0) is 0 Å². The number of ether oxygens (including phenoxy) is 1. The van der Waals surface area contributed by atoms with E-state index in [1.54, 1.807) is 0 Å². The van der Waals surface area contributed by atoms with Crippen molar-refractivity contribution < 1.29 is 4.74 Å². The van der Waals surface area contributed by atoms with E-state index >= 15 is 0 Å². The fraction of sp³-hybridized carbons (Fsp3) is 0.538. The van der Waals surface area contributed by atoms with E-state index in [0.717, 1.165) is 31.8 Å². The average molecular weight is 222 g/mol. The highest BCUT2D eigenvalue weighted by Gasteiger charge is 1.96. The minimum Gasteiger partial charge on any atom is -0.492 e. The average Bonchev–Trinajstić information content (AvgIpc) is 2.22. The van der Waals surface area contributed by atoms with Gasteiger partial charge in [-0.3, -0.25) is 0 Å². The minimum atomic E-state index is 0.702. The number of benzene rings is 1. The molecule has 0 bridgehead atoms. The molecule has 0 aromatic heterocycles. The standard InChI is InChI=1S/C13H22N2O/c1-11-8-12(2)10-13(9-11)16-7-6-15-5-3-4-14/h8-10,15H,3-7,14H2,1-2H3. The molecule has 3 N–H and O–H groups in total. The summed E-state index contributed by atoms with van der Waals surface area (Å²) in [6.07, 6.45) is 1.02. The van der Waals surface area contributed by atoms with E-state index in [4.69, 9.17) is 10.5 Å². The molecule has 0 atom stereocenters. The van der Waals surface area contributed by atoms with Crippen LogP contribution in [0.25, 0.3) is 0 Å². The van der Waals surface area contributed by atoms with Crippen molar-refractivity contribution >= 4 is 0 Å². The molecule has 0 unspecified atom stereocenters. The summed E-state index contributed by atoms with van der Waals surface area (Å²) in [6, 6.07) is 6.27. The number of nitrogens with one attached hydrogen (secondary N) is 1. The Labute approximate surface area is 98.0 Å². The van der Waals surface area contributed by atoms with Gasteiger partial charge in [-0.05, 0) is 56.6 Å². The Kier molecular flexibility index (Phi) is 5.90. The summed E-state index contributed by atoms with van der Waals surface area (Å²) in [7, 11) is 0. The van der Waals surface area contributed by atoms with Crippen LogP contribution in [0.5, 0.6) is 5.75 Å². The van der Waals surface area contributed by atoms with Gasteiger partial charge in [-0.1, -0.05) is 6.07 Å². The summed E-state index contributed by atoms with van der Waals surface area (Å²) in [4.78, 5) is 0. The molecule has 0 aliphatic heterocycles. The maximum absolute atomic E-state index is 5.65. The molecule has 0 spiro atoms. The van der Waals surface area contributed by atoms with E-state index in [1.807, 2.05) is 0 Å². The first-order chi connectivity index (χ1) is 7.72. The van der Waals surface area contributed by atoms with Crippen LogP contribution in [0.3, 0.4) is 0 Å². The van der Waals surface area contributed by atoms with Crippen LogP contribution in [0.4, 0.5) is 0 Å². The van der Waals surface area contributed by atoms with Crippen molar-refractivity contribution in [3.63, 3.8) is 0 Å². The largest absolute Gasteiger partial charge is 0.492 e. The highest BCUT2D eigenvalue weighted by molar-refractivity contribution is 5.32. The third-order valence-electron chi connectivity index (χ3n) is 2.30. The van der Waals surface area contributed by atoms with Crippen LogP contribution >= 0.6 is 0 Å². The summed E-state index contributed by atoms with van der Waals surface area (Å²) in [5, 5.41) is 3.28. The number of nitrogens with two attached hydrogens (primary N) is 1. The maximum Gasteiger partial charge on any atom is 0.119 e. The third-order valence-corrected chi connectivity index (χ3v) is 2.30. The molecule has 1 aromatic rings. The highest BCUT2D eigenvalue weighted by Crippen LogP contribution is 2.15. The van der Waals surface area contributed by atoms with Gasteiger partial charge in [0.2, 0.25) is 0 Å². The lowest BCUT2D eigenvalue weighted by molar-refractivity contribution is 0.313. The number of aryl methyl sites for hydroxylation is 2. The Morgan fingerprint density at radius 2 is 1.81 bits per heavy atom. The monoisotopic (exact) mass is 222 g/mol. The molecule has 0 aliphatic carbocycles. The van der Waals surface area contributed by atoms with Gasteiger partial charge in [0.25, 0.3) is 0 Å². The van der Waals surface area contributed by atoms with Gasteiger partial charge in [0, 0.05) is 6.54 Å². The van der Waals surface area contributed by atoms with Gasteiger partial charge >= 0.3 is 0 Å². The number of hydrogen-bond acceptors (Lipinski definition) is 3. The molecule has 3 heteroatoms. The van der Waals surface area contributed by atoms with Crippen LogP contribution in [0, 0.1) is 13.8 Å². The van der Waals surface area contributed by atoms with Gasteiger partial charge in [-0.15, -0.1) is 0 Å². The zero-order chi connectivity index (χ0) is 11.8. The smallest absolute Gasteiger partial charge is 0.119 e. The fourth-order valence-corrected chi connectivity index (χ4v) is 1.61. The van der Waals surface area contributed by atoms with Crippen LogP contribution in [-0.4, -0.2) is 26.2 Å². The minimum absolute atomic E-state index is 0.702. The van der Waals surface area contributed by atoms with E-state index in [1.165, 1.54) is 11.1 Å². The van der Waals surface area contributed by atoms with Gasteiger partial charge in [0.15, 0.2) is 0 Å². The Morgan fingerprint density at radius 3 is 2.44 bits per heavy atom. The van der Waals surface area contributed by atoms with Gasteiger partial charge in [0.05, 0.1) is 0 Å². The van der Waals surface area contributed by atoms with Gasteiger partial charge in [-0.2, -0.15) is 0 Å². The third kappa shape index (κ3) is 5.14. The van der Waals surface area contributed by atoms with Crippen LogP contribution in [0.15, 0.2) is 18.2 Å². The van der Waals surface area contributed by atoms with Crippen molar-refractivity contribution in [2.24, 2.45) is 5.73 Å². The highest BCUT2D eigenvalue weighted by atomic mass is 16.5. The summed E-state index contributed by atoms with van der Waals surface area (Å²) in [5.41, 5.74) is 7.88. The quantitative estimate of drug-likeness (QED) is 0.689. The molecule has 0 heterocycles. The van der Waals surface area contributed by atoms with Gasteiger partial charge in [-0.25, -0.2) is 0 Å². The van der Waals surface area contributed by atoms with E-state index in [-0.39, 0.29) is 0 Å². The second-order valence-electron chi connectivity index (χ2n) is 4.06. The van der Waals surface area contributed by atoms with Crippen molar-refractivity contribution in [2.45, 2.75) is 20.3 Å². The van der Waals surface area contributed by atoms with Gasteiger partial charge in [0.1, 0.15) is 12.4 Å². The van der Waals surface area contributed by atoms with Crippen LogP contribution < -0.4 is 15.8 Å². The van der Waals surface area contributed by atoms with Crippen molar-refractivity contribution in [3.8, 4) is 5.75 Å². The predicted octanol–water partition coefficient (Wildman–Crippen LogP) is 1.62. The summed E-state index contributed by atoms with van der Waals surface area (Å²) in [5.74, 6) is 0.957. The van der Waals surface area contributed by atoms with Gasteiger partial charge < -0.3 is 15.8 Å². The van der Waals surface area contributed by atoms with Crippen molar-refractivity contribution in [1.82, 2.24) is 5.32 Å². The van der Waals surface area contributed by atoms with Crippen LogP contribution in [0.1, 0.15) is 17.5 Å². The molecule has 90 valence electrons. The molecule has 0 aliphatic rings. The molecular weight excluding hydrogens is 200 g/mol. The van der Waals surface area contributed by atoms with E-state index < -0.39 is 0 Å². The van der Waals surface area contributed by atoms with E-state index in [2.05, 4.69) is 37.4 Å². The summed E-state index contributed by atoms with van der Waals surface area (Å²) >= 11 is 0. The maximum atomic E-state index is 5.65. The molecule has 1 rings (SSSR count). The fourth-order valence-electron chi connectivity index (χ4n) is 1.61. The summed E-state index contributed by atoms with van der Waals surface area (Å²) < 4.78 is 5.65. The lowest BCUT2D eigenvalue weighted by Crippen LogP contribution is -2.23. The molecule has 16 heavy (non-hydrogen) atoms. The van der Waals surface area contributed by atoms with Crippen LogP contribution in [0.2, 0.25) is 0 Å². The molecule has 0 fully saturated rings. The van der Waals surface area contributed by atoms with Crippen molar-refractivity contribution in [2.75, 3.05) is 26.2 Å². The van der Waals surface area contributed by atoms with Crippen molar-refractivity contribution in [3.05, 3.63) is 29.3 Å². The molecule has 3 nitrogen and oxygen atoms in total. The first-order valence-corrected chi connectivity index (χ1v) is 5.84. The Hall–Kier alpha value is -1.06. The Bertz CT molecular complexity index is 293. The molecule has 1 aromatic carbocycles. The van der Waals surface area contributed by atoms with E-state index in [0.29, 0.717) is 6.61 Å². The summed E-state index contributed by atoms with van der Waals surface area (Å²) in [6.45, 7) is 7.44. The first-order valence-electron chi connectivity index (χ1n) is 5.84. The molecular formula is C13H22N2O. The Balaban J connectivity index is 2.21. The van der Waals surface area contributed by atoms with E-state index in [9.17, 15) is 0 Å². The zero-order valence-corrected chi connectivity index (χ0v) is 10.3. The molecule has 0 radical (unpaired) electrons. The molecule has 0 saturated heterocycles. The first kappa shape index (κ1) is 13.0. The molecule has 0 amide bonds. The SMILES string of the molecule is Cc1cc(C)cc(OCCNCCCN)c1. The topological polar surface area (TPSA) is 47.3 Å². The number of hydrogen-bond donors (Lipinski definition) is 2. The second-order valence-corrected chi connectivity index (χ2v) is 4.06. The Morgan fingerprint density at radius 1 is 1.12 bits per heavy atom. The lowest BCUT2D eigenvalue weighted by Gasteiger charge is -2.08. The second kappa shape index (κ2) is 7.25.